The number of ether oxygens (including phenoxy) is 1. The van der Waals surface area contributed by atoms with Crippen LogP contribution in [0.3, 0.4) is 0 Å². The Labute approximate surface area is 143 Å². The number of benzene rings is 2. The molecular formula is C17H15BrN2OS. The summed E-state index contributed by atoms with van der Waals surface area (Å²) in [5.74, 6) is 0.929. The molecule has 112 valence electrons. The minimum Gasteiger partial charge on any atom is -0.467 e. The summed E-state index contributed by atoms with van der Waals surface area (Å²) in [6, 6.07) is 16.5. The lowest BCUT2D eigenvalue weighted by molar-refractivity contribution is 0.0498. The highest BCUT2D eigenvalue weighted by Gasteiger charge is 2.48. The lowest BCUT2D eigenvalue weighted by Crippen LogP contribution is -2.65. The molecule has 0 saturated carbocycles. The first-order valence-corrected chi connectivity index (χ1v) is 8.41. The first-order chi connectivity index (χ1) is 10.6. The van der Waals surface area contributed by atoms with E-state index in [1.54, 1.807) is 0 Å². The molecule has 2 heterocycles. The Morgan fingerprint density at radius 2 is 1.95 bits per heavy atom. The summed E-state index contributed by atoms with van der Waals surface area (Å²) in [5, 5.41) is 4.16. The third kappa shape index (κ3) is 2.11. The van der Waals surface area contributed by atoms with Crippen LogP contribution < -0.4 is 15.0 Å². The van der Waals surface area contributed by atoms with Gasteiger partial charge < -0.3 is 10.1 Å². The predicted molar refractivity (Wildman–Crippen MR) is 95.2 cm³/mol. The zero-order chi connectivity index (χ0) is 15.3. The number of para-hydroxylation sites is 1. The van der Waals surface area contributed by atoms with Crippen LogP contribution in [0.4, 0.5) is 5.69 Å². The second-order valence-electron chi connectivity index (χ2n) is 5.83. The van der Waals surface area contributed by atoms with E-state index in [0.29, 0.717) is 5.11 Å². The van der Waals surface area contributed by atoms with Crippen LogP contribution in [0.5, 0.6) is 5.75 Å². The molecule has 2 aromatic rings. The number of halogens is 1. The van der Waals surface area contributed by atoms with Crippen LogP contribution in [0.2, 0.25) is 0 Å². The Hall–Kier alpha value is -1.59. The van der Waals surface area contributed by atoms with Gasteiger partial charge in [0.2, 0.25) is 0 Å². The summed E-state index contributed by atoms with van der Waals surface area (Å²) in [6.07, 6.45) is 0.847. The third-order valence-electron chi connectivity index (χ3n) is 4.27. The number of anilines is 1. The molecule has 4 rings (SSSR count). The fourth-order valence-electron chi connectivity index (χ4n) is 3.30. The molecule has 0 unspecified atom stereocenters. The summed E-state index contributed by atoms with van der Waals surface area (Å²) in [5.41, 5.74) is 1.73. The summed E-state index contributed by atoms with van der Waals surface area (Å²) in [6.45, 7) is 2.10. The Bertz CT molecular complexity index is 749. The van der Waals surface area contributed by atoms with E-state index in [1.807, 2.05) is 42.5 Å². The van der Waals surface area contributed by atoms with Gasteiger partial charge >= 0.3 is 0 Å². The first-order valence-electron chi connectivity index (χ1n) is 7.21. The maximum absolute atomic E-state index is 6.34. The smallest absolute Gasteiger partial charge is 0.188 e. The Balaban J connectivity index is 1.80. The fourth-order valence-corrected chi connectivity index (χ4v) is 4.01. The van der Waals surface area contributed by atoms with E-state index >= 15 is 0 Å². The molecule has 5 heteroatoms. The van der Waals surface area contributed by atoms with Gasteiger partial charge in [-0.1, -0.05) is 34.1 Å². The summed E-state index contributed by atoms with van der Waals surface area (Å²) < 4.78 is 7.39. The van der Waals surface area contributed by atoms with Gasteiger partial charge in [0.05, 0.1) is 6.04 Å². The Morgan fingerprint density at radius 3 is 2.73 bits per heavy atom. The van der Waals surface area contributed by atoms with Crippen LogP contribution in [-0.2, 0) is 0 Å². The summed E-state index contributed by atoms with van der Waals surface area (Å²) in [4.78, 5) is 2.07. The van der Waals surface area contributed by atoms with Crippen LogP contribution >= 0.6 is 28.1 Å². The molecule has 0 radical (unpaired) electrons. The lowest BCUT2D eigenvalue weighted by atomic mass is 9.90. The molecule has 1 saturated heterocycles. The van der Waals surface area contributed by atoms with Crippen molar-refractivity contribution in [3.63, 3.8) is 0 Å². The highest BCUT2D eigenvalue weighted by molar-refractivity contribution is 9.10. The number of rotatable bonds is 1. The summed E-state index contributed by atoms with van der Waals surface area (Å²) >= 11 is 9.09. The van der Waals surface area contributed by atoms with E-state index in [2.05, 4.69) is 39.1 Å². The molecule has 22 heavy (non-hydrogen) atoms. The Kier molecular flexibility index (Phi) is 3.16. The van der Waals surface area contributed by atoms with Crippen molar-refractivity contribution >= 4 is 38.9 Å². The van der Waals surface area contributed by atoms with Crippen LogP contribution in [0.1, 0.15) is 24.9 Å². The highest BCUT2D eigenvalue weighted by atomic mass is 79.9. The van der Waals surface area contributed by atoms with Crippen molar-refractivity contribution < 1.29 is 4.74 Å². The molecule has 0 aromatic heterocycles. The molecular weight excluding hydrogens is 360 g/mol. The van der Waals surface area contributed by atoms with Gasteiger partial charge in [-0.25, -0.2) is 0 Å². The molecule has 0 amide bonds. The largest absolute Gasteiger partial charge is 0.467 e. The maximum atomic E-state index is 6.34. The van der Waals surface area contributed by atoms with Gasteiger partial charge in [0, 0.05) is 22.1 Å². The van der Waals surface area contributed by atoms with Crippen molar-refractivity contribution in [3.8, 4) is 5.75 Å². The normalized spacial score (nSPS) is 26.0. The van der Waals surface area contributed by atoms with Gasteiger partial charge in [0.15, 0.2) is 10.8 Å². The number of hydrogen-bond acceptors (Lipinski definition) is 2. The number of nitrogens with zero attached hydrogens (tertiary/aromatic N) is 1. The topological polar surface area (TPSA) is 24.5 Å². The molecule has 2 atom stereocenters. The second-order valence-corrected chi connectivity index (χ2v) is 7.14. The minimum atomic E-state index is -0.477. The average molecular weight is 375 g/mol. The molecule has 2 bridgehead atoms. The second kappa shape index (κ2) is 4.96. The third-order valence-corrected chi connectivity index (χ3v) is 5.09. The molecule has 0 spiro atoms. The van der Waals surface area contributed by atoms with Gasteiger partial charge in [0.25, 0.3) is 0 Å². The van der Waals surface area contributed by atoms with Gasteiger partial charge in [-0.2, -0.15) is 0 Å². The van der Waals surface area contributed by atoms with E-state index < -0.39 is 5.72 Å². The molecule has 2 aliphatic rings. The molecule has 1 N–H and O–H groups in total. The standard InChI is InChI=1S/C17H15BrN2OS/c1-17-10-14(13-4-2-3-5-15(13)21-17)19-16(22)20(17)12-8-6-11(18)7-9-12/h2-9,14H,10H2,1H3,(H,19,22)/t14-,17-/m1/s1. The molecule has 0 aliphatic carbocycles. The van der Waals surface area contributed by atoms with E-state index in [0.717, 1.165) is 22.3 Å². The number of nitrogens with one attached hydrogen (secondary N) is 1. The minimum absolute atomic E-state index is 0.203. The summed E-state index contributed by atoms with van der Waals surface area (Å²) in [7, 11) is 0. The van der Waals surface area contributed by atoms with Crippen LogP contribution in [0.15, 0.2) is 53.0 Å². The van der Waals surface area contributed by atoms with E-state index in [4.69, 9.17) is 17.0 Å². The zero-order valence-corrected chi connectivity index (χ0v) is 14.4. The molecule has 3 nitrogen and oxygen atoms in total. The van der Waals surface area contributed by atoms with Crippen molar-refractivity contribution in [2.45, 2.75) is 25.1 Å². The molecule has 1 fully saturated rings. The van der Waals surface area contributed by atoms with Crippen LogP contribution in [0, 0.1) is 0 Å². The monoisotopic (exact) mass is 374 g/mol. The van der Waals surface area contributed by atoms with Crippen molar-refractivity contribution in [1.82, 2.24) is 5.32 Å². The van der Waals surface area contributed by atoms with Gasteiger partial charge in [0.1, 0.15) is 5.75 Å². The molecule has 2 aromatic carbocycles. The number of hydrogen-bond donors (Lipinski definition) is 1. The van der Waals surface area contributed by atoms with Crippen LogP contribution in [-0.4, -0.2) is 10.8 Å². The number of fused-ring (bicyclic) bond motifs is 4. The van der Waals surface area contributed by atoms with Crippen molar-refractivity contribution in [3.05, 3.63) is 58.6 Å². The maximum Gasteiger partial charge on any atom is 0.188 e. The van der Waals surface area contributed by atoms with E-state index in [9.17, 15) is 0 Å². The Morgan fingerprint density at radius 1 is 1.23 bits per heavy atom. The highest BCUT2D eigenvalue weighted by Crippen LogP contribution is 2.45. The van der Waals surface area contributed by atoms with Crippen molar-refractivity contribution in [2.75, 3.05) is 4.90 Å². The fraction of sp³-hybridized carbons (Fsp3) is 0.235. The zero-order valence-electron chi connectivity index (χ0n) is 12.0. The van der Waals surface area contributed by atoms with Gasteiger partial charge in [-0.15, -0.1) is 0 Å². The first kappa shape index (κ1) is 14.0. The number of thiocarbonyl (C=S) groups is 1. The van der Waals surface area contributed by atoms with Crippen molar-refractivity contribution in [2.24, 2.45) is 0 Å². The lowest BCUT2D eigenvalue weighted by Gasteiger charge is -2.52. The van der Waals surface area contributed by atoms with Crippen LogP contribution in [0.25, 0.3) is 0 Å². The van der Waals surface area contributed by atoms with E-state index in [-0.39, 0.29) is 6.04 Å². The van der Waals surface area contributed by atoms with Gasteiger partial charge in [-0.3, -0.25) is 4.90 Å². The van der Waals surface area contributed by atoms with Gasteiger partial charge in [-0.05, 0) is 49.5 Å². The quantitative estimate of drug-likeness (QED) is 0.748. The molecule has 2 aliphatic heterocycles. The predicted octanol–water partition coefficient (Wildman–Crippen LogP) is 4.38. The van der Waals surface area contributed by atoms with E-state index in [1.165, 1.54) is 5.56 Å². The average Bonchev–Trinajstić information content (AvgIpc) is 2.48. The SMILES string of the molecule is C[C@@]12C[C@@H](NC(=S)N1c1ccc(Br)cc1)c1ccccc1O2. The van der Waals surface area contributed by atoms with Crippen molar-refractivity contribution in [1.29, 1.82) is 0 Å².